The van der Waals surface area contributed by atoms with Crippen molar-refractivity contribution < 1.29 is 32.7 Å². The molecule has 7 nitrogen and oxygen atoms in total. The van der Waals surface area contributed by atoms with Gasteiger partial charge in [0.25, 0.3) is 0 Å². The van der Waals surface area contributed by atoms with Gasteiger partial charge in [-0.2, -0.15) is 0 Å². The molecule has 0 aromatic carbocycles. The van der Waals surface area contributed by atoms with Gasteiger partial charge in [0.15, 0.2) is 0 Å². The highest BCUT2D eigenvalue weighted by Crippen LogP contribution is 2.14. The zero-order chi connectivity index (χ0) is 15.3. The minimum Gasteiger partial charge on any atom is -0.463 e. The molecule has 111 valence electrons. The van der Waals surface area contributed by atoms with Gasteiger partial charge in [-0.1, -0.05) is 6.58 Å². The summed E-state index contributed by atoms with van der Waals surface area (Å²) in [5, 5.41) is 8.89. The average molecular weight is 293 g/mol. The summed E-state index contributed by atoms with van der Waals surface area (Å²) >= 11 is 0. The van der Waals surface area contributed by atoms with Crippen LogP contribution >= 0.6 is 0 Å². The maximum absolute atomic E-state index is 10.7. The van der Waals surface area contributed by atoms with Crippen LogP contribution in [0.15, 0.2) is 12.7 Å². The predicted molar refractivity (Wildman–Crippen MR) is 68.7 cm³/mol. The molecule has 0 unspecified atom stereocenters. The smallest absolute Gasteiger partial charge is 0.463 e. The Kier molecular flexibility index (Phi) is 12.5. The molecule has 19 heavy (non-hydrogen) atoms. The number of esters is 1. The van der Waals surface area contributed by atoms with E-state index in [0.717, 1.165) is 13.0 Å². The van der Waals surface area contributed by atoms with Crippen molar-refractivity contribution in [3.63, 3.8) is 0 Å². The van der Waals surface area contributed by atoms with E-state index in [1.165, 1.54) is 0 Å². The summed E-state index contributed by atoms with van der Waals surface area (Å²) < 4.78 is 20.4. The summed E-state index contributed by atoms with van der Waals surface area (Å²) in [7, 11) is 2.13. The SMILES string of the molecule is C=CC(=O)OCCC[Si](OC)(OC)OC.CC([O])=O. The standard InChI is InChI=1S/C9H18O5Si.C2H3O2/c1-5-9(10)14-7-6-8-15(11-2,12-3)13-4;1-2(3)4/h5H,1,6-8H2,2-4H3;1H3. The van der Waals surface area contributed by atoms with E-state index in [9.17, 15) is 4.79 Å². The topological polar surface area (TPSA) is 91.0 Å². The summed E-state index contributed by atoms with van der Waals surface area (Å²) in [6.07, 6.45) is 1.77. The number of ether oxygens (including phenoxy) is 1. The predicted octanol–water partition coefficient (Wildman–Crippen LogP) is 0.947. The Morgan fingerprint density at radius 1 is 1.16 bits per heavy atom. The van der Waals surface area contributed by atoms with Crippen molar-refractivity contribution >= 4 is 20.7 Å². The second-order valence-electron chi connectivity index (χ2n) is 3.26. The molecule has 0 fully saturated rings. The highest BCUT2D eigenvalue weighted by atomic mass is 28.4. The van der Waals surface area contributed by atoms with Crippen molar-refractivity contribution in [2.24, 2.45) is 0 Å². The van der Waals surface area contributed by atoms with Crippen LogP contribution in [0.3, 0.4) is 0 Å². The first kappa shape index (κ1) is 20.1. The van der Waals surface area contributed by atoms with E-state index in [2.05, 4.69) is 6.58 Å². The fourth-order valence-corrected chi connectivity index (χ4v) is 2.77. The van der Waals surface area contributed by atoms with Crippen molar-refractivity contribution in [3.8, 4) is 0 Å². The van der Waals surface area contributed by atoms with Crippen LogP contribution in [0.2, 0.25) is 6.04 Å². The Morgan fingerprint density at radius 3 is 1.89 bits per heavy atom. The summed E-state index contributed by atoms with van der Waals surface area (Å²) in [6.45, 7) is 4.58. The summed E-state index contributed by atoms with van der Waals surface area (Å²) in [5.41, 5.74) is 0. The van der Waals surface area contributed by atoms with E-state index in [4.69, 9.17) is 27.9 Å². The lowest BCUT2D eigenvalue weighted by Crippen LogP contribution is -2.42. The number of hydrogen-bond acceptors (Lipinski definition) is 6. The van der Waals surface area contributed by atoms with Crippen molar-refractivity contribution in [2.75, 3.05) is 27.9 Å². The Balaban J connectivity index is 0. The van der Waals surface area contributed by atoms with Gasteiger partial charge in [-0.3, -0.25) is 0 Å². The maximum atomic E-state index is 10.7. The molecule has 0 aliphatic carbocycles. The van der Waals surface area contributed by atoms with Crippen LogP contribution in [0.5, 0.6) is 0 Å². The molecule has 0 aromatic heterocycles. The quantitative estimate of drug-likeness (QED) is 0.286. The van der Waals surface area contributed by atoms with Crippen LogP contribution in [0.4, 0.5) is 0 Å². The van der Waals surface area contributed by atoms with Gasteiger partial charge >= 0.3 is 20.7 Å². The van der Waals surface area contributed by atoms with Gasteiger partial charge in [-0.05, 0) is 6.42 Å². The maximum Gasteiger partial charge on any atom is 0.500 e. The van der Waals surface area contributed by atoms with E-state index in [0.29, 0.717) is 19.1 Å². The van der Waals surface area contributed by atoms with Crippen LogP contribution < -0.4 is 0 Å². The number of carbonyl (C=O) groups excluding carboxylic acids is 2. The van der Waals surface area contributed by atoms with Gasteiger partial charge < -0.3 is 18.0 Å². The minimum atomic E-state index is -2.52. The van der Waals surface area contributed by atoms with Gasteiger partial charge in [0, 0.05) is 40.4 Å². The van der Waals surface area contributed by atoms with E-state index < -0.39 is 20.7 Å². The Bertz CT molecular complexity index is 264. The molecule has 0 saturated carbocycles. The molecule has 0 aromatic rings. The molecule has 0 rings (SSSR count). The first-order valence-electron chi connectivity index (χ1n) is 5.49. The molecule has 8 heteroatoms. The van der Waals surface area contributed by atoms with Gasteiger partial charge in [0.1, 0.15) is 0 Å². The third-order valence-electron chi connectivity index (χ3n) is 1.97. The lowest BCUT2D eigenvalue weighted by Gasteiger charge is -2.23. The summed E-state index contributed by atoms with van der Waals surface area (Å²) in [6, 6.07) is 0.612. The summed E-state index contributed by atoms with van der Waals surface area (Å²) in [4.78, 5) is 19.6. The molecule has 0 amide bonds. The normalized spacial score (nSPS) is 10.1. The molecule has 0 heterocycles. The second-order valence-corrected chi connectivity index (χ2v) is 6.35. The van der Waals surface area contributed by atoms with Crippen LogP contribution in [-0.4, -0.2) is 48.7 Å². The molecule has 0 bridgehead atoms. The number of hydrogen-bond donors (Lipinski definition) is 0. The molecule has 0 aliphatic heterocycles. The lowest BCUT2D eigenvalue weighted by molar-refractivity contribution is -0.140. The van der Waals surface area contributed by atoms with Crippen molar-refractivity contribution in [3.05, 3.63) is 12.7 Å². The van der Waals surface area contributed by atoms with Crippen molar-refractivity contribution in [1.29, 1.82) is 0 Å². The van der Waals surface area contributed by atoms with Crippen LogP contribution in [-0.2, 0) is 32.7 Å². The molecule has 0 atom stereocenters. The zero-order valence-corrected chi connectivity index (χ0v) is 12.8. The fraction of sp³-hybridized carbons (Fsp3) is 0.636. The Hall–Kier alpha value is -1.22. The van der Waals surface area contributed by atoms with Gasteiger partial charge in [0.2, 0.25) is 0 Å². The molecular formula is C11H21O7Si. The average Bonchev–Trinajstić information content (AvgIpc) is 2.39. The molecule has 0 N–H and O–H groups in total. The first-order chi connectivity index (χ1) is 8.87. The molecule has 1 radical (unpaired) electrons. The first-order valence-corrected chi connectivity index (χ1v) is 7.42. The largest absolute Gasteiger partial charge is 0.500 e. The zero-order valence-electron chi connectivity index (χ0n) is 11.8. The van der Waals surface area contributed by atoms with Crippen molar-refractivity contribution in [2.45, 2.75) is 19.4 Å². The van der Waals surface area contributed by atoms with Crippen LogP contribution in [0.1, 0.15) is 13.3 Å². The van der Waals surface area contributed by atoms with E-state index in [1.54, 1.807) is 21.3 Å². The van der Waals surface area contributed by atoms with E-state index in [-0.39, 0.29) is 0 Å². The van der Waals surface area contributed by atoms with Crippen LogP contribution in [0, 0.1) is 0 Å². The van der Waals surface area contributed by atoms with Crippen LogP contribution in [0.25, 0.3) is 0 Å². The molecular weight excluding hydrogens is 272 g/mol. The molecule has 0 spiro atoms. The molecule has 0 saturated heterocycles. The number of carbonyl (C=O) groups is 2. The minimum absolute atomic E-state index is 0.315. The third kappa shape index (κ3) is 11.6. The second kappa shape index (κ2) is 11.8. The Morgan fingerprint density at radius 2 is 1.58 bits per heavy atom. The Labute approximate surface area is 114 Å². The van der Waals surface area contributed by atoms with Gasteiger partial charge in [-0.15, -0.1) is 0 Å². The number of rotatable bonds is 8. The lowest BCUT2D eigenvalue weighted by atomic mass is 10.5. The fourth-order valence-electron chi connectivity index (χ4n) is 1.08. The van der Waals surface area contributed by atoms with E-state index >= 15 is 0 Å². The van der Waals surface area contributed by atoms with Crippen molar-refractivity contribution in [1.82, 2.24) is 0 Å². The monoisotopic (exact) mass is 293 g/mol. The highest BCUT2D eigenvalue weighted by Gasteiger charge is 2.36. The van der Waals surface area contributed by atoms with Gasteiger partial charge in [0.05, 0.1) is 6.61 Å². The van der Waals surface area contributed by atoms with Gasteiger partial charge in [-0.25, -0.2) is 14.7 Å². The summed E-state index contributed by atoms with van der Waals surface area (Å²) in [5.74, 6) is -1.51. The third-order valence-corrected chi connectivity index (χ3v) is 4.80. The molecule has 0 aliphatic rings. The van der Waals surface area contributed by atoms with E-state index in [1.807, 2.05) is 0 Å². The highest BCUT2D eigenvalue weighted by molar-refractivity contribution is 6.60.